The van der Waals surface area contributed by atoms with Gasteiger partial charge >= 0.3 is 0 Å². The lowest BCUT2D eigenvalue weighted by Crippen LogP contribution is -2.30. The number of ketones is 1. The largest absolute Gasteiger partial charge is 0.312 e. The molecule has 0 heterocycles. The van der Waals surface area contributed by atoms with Gasteiger partial charge in [-0.25, -0.2) is 0 Å². The second-order valence-corrected chi connectivity index (χ2v) is 7.35. The second kappa shape index (κ2) is 5.63. The van der Waals surface area contributed by atoms with Crippen LogP contribution in [0.15, 0.2) is 41.6 Å². The molecule has 2 unspecified atom stereocenters. The molecule has 23 heavy (non-hydrogen) atoms. The van der Waals surface area contributed by atoms with Crippen LogP contribution in [0.1, 0.15) is 46.1 Å². The summed E-state index contributed by atoms with van der Waals surface area (Å²) in [5.41, 5.74) is 3.06. The lowest BCUT2D eigenvalue weighted by Gasteiger charge is -2.26. The molecule has 0 saturated heterocycles. The van der Waals surface area contributed by atoms with Crippen molar-refractivity contribution >= 4 is 11.7 Å². The van der Waals surface area contributed by atoms with E-state index in [9.17, 15) is 9.59 Å². The third-order valence-corrected chi connectivity index (χ3v) is 5.65. The molecule has 0 spiro atoms. The van der Waals surface area contributed by atoms with Gasteiger partial charge in [0.15, 0.2) is 5.78 Å². The number of carbonyl (C=O) groups excluding carboxylic acids is 2. The number of fused-ring (bicyclic) bond motifs is 1. The Morgan fingerprint density at radius 1 is 1.26 bits per heavy atom. The Balaban J connectivity index is 1.95. The van der Waals surface area contributed by atoms with Gasteiger partial charge in [-0.05, 0) is 29.7 Å². The molecule has 3 nitrogen and oxygen atoms in total. The highest BCUT2D eigenvalue weighted by Crippen LogP contribution is 2.68. The van der Waals surface area contributed by atoms with E-state index in [2.05, 4.69) is 13.8 Å². The first-order chi connectivity index (χ1) is 10.9. The lowest BCUT2D eigenvalue weighted by molar-refractivity contribution is -0.129. The molecule has 2 fully saturated rings. The molecule has 2 aliphatic rings. The maximum absolute atomic E-state index is 12.5. The molecule has 2 saturated carbocycles. The van der Waals surface area contributed by atoms with Crippen molar-refractivity contribution in [2.45, 2.75) is 47.1 Å². The minimum Gasteiger partial charge on any atom is -0.312 e. The molecule has 0 aromatic heterocycles. The van der Waals surface area contributed by atoms with Gasteiger partial charge in [0.2, 0.25) is 5.91 Å². The predicted molar refractivity (Wildman–Crippen MR) is 90.4 cm³/mol. The van der Waals surface area contributed by atoms with Crippen molar-refractivity contribution in [3.05, 3.63) is 47.2 Å². The number of carbonyl (C=O) groups is 2. The molecule has 3 heteroatoms. The van der Waals surface area contributed by atoms with Crippen LogP contribution in [0.3, 0.4) is 0 Å². The van der Waals surface area contributed by atoms with Crippen molar-refractivity contribution in [3.8, 4) is 0 Å². The molecule has 2 atom stereocenters. The highest BCUT2D eigenvalue weighted by atomic mass is 16.2. The van der Waals surface area contributed by atoms with Crippen LogP contribution in [0, 0.1) is 17.3 Å². The van der Waals surface area contributed by atoms with Crippen LogP contribution in [0.25, 0.3) is 0 Å². The number of hydrogen-bond donors (Lipinski definition) is 0. The minimum atomic E-state index is 0.0774. The van der Waals surface area contributed by atoms with Gasteiger partial charge in [-0.2, -0.15) is 0 Å². The first-order valence-electron chi connectivity index (χ1n) is 8.46. The van der Waals surface area contributed by atoms with Crippen LogP contribution in [0.5, 0.6) is 0 Å². The van der Waals surface area contributed by atoms with Gasteiger partial charge in [-0.15, -0.1) is 0 Å². The molecule has 3 rings (SSSR count). The zero-order chi connectivity index (χ0) is 16.8. The van der Waals surface area contributed by atoms with E-state index < -0.39 is 0 Å². The molecular formula is C20H25NO2. The molecule has 122 valence electrons. The first-order valence-corrected chi connectivity index (χ1v) is 8.46. The zero-order valence-electron chi connectivity index (χ0n) is 14.4. The summed E-state index contributed by atoms with van der Waals surface area (Å²) < 4.78 is 0. The van der Waals surface area contributed by atoms with Crippen molar-refractivity contribution in [2.24, 2.45) is 17.3 Å². The summed E-state index contributed by atoms with van der Waals surface area (Å²) in [7, 11) is 0. The van der Waals surface area contributed by atoms with Crippen LogP contribution in [0.2, 0.25) is 0 Å². The smallest absolute Gasteiger partial charge is 0.226 e. The fraction of sp³-hybridized carbons (Fsp3) is 0.500. The van der Waals surface area contributed by atoms with Gasteiger partial charge < -0.3 is 4.90 Å². The van der Waals surface area contributed by atoms with Gasteiger partial charge in [0.1, 0.15) is 0 Å². The Morgan fingerprint density at radius 2 is 1.91 bits per heavy atom. The van der Waals surface area contributed by atoms with Crippen molar-refractivity contribution in [1.82, 2.24) is 4.90 Å². The normalized spacial score (nSPS) is 26.7. The van der Waals surface area contributed by atoms with E-state index in [0.29, 0.717) is 31.2 Å². The van der Waals surface area contributed by atoms with Gasteiger partial charge in [-0.3, -0.25) is 9.59 Å². The summed E-state index contributed by atoms with van der Waals surface area (Å²) in [6, 6.07) is 9.97. The molecule has 1 amide bonds. The number of rotatable bonds is 4. The highest BCUT2D eigenvalue weighted by Gasteiger charge is 2.65. The Bertz CT molecular complexity index is 672. The number of allylic oxidation sites excluding steroid dienone is 2. The summed E-state index contributed by atoms with van der Waals surface area (Å²) in [6.07, 6.45) is 1.09. The molecule has 0 N–H and O–H groups in total. The van der Waals surface area contributed by atoms with Gasteiger partial charge in [0, 0.05) is 24.1 Å². The van der Waals surface area contributed by atoms with Crippen LogP contribution in [-0.4, -0.2) is 16.6 Å². The standard InChI is InChI=1S/C20H25NO2/c1-5-17(23)21(12-14-9-7-6-8-10-14)13(2)18-16(22)11-15-19(18)20(15,3)4/h6-10,15,19H,5,11-12H2,1-4H3. The predicted octanol–water partition coefficient (Wildman–Crippen LogP) is 3.94. The molecule has 0 aliphatic heterocycles. The highest BCUT2D eigenvalue weighted by molar-refractivity contribution is 6.01. The van der Waals surface area contributed by atoms with E-state index >= 15 is 0 Å². The first kappa shape index (κ1) is 16.0. The van der Waals surface area contributed by atoms with E-state index in [4.69, 9.17) is 0 Å². The molecular weight excluding hydrogens is 286 g/mol. The molecule has 0 radical (unpaired) electrons. The number of nitrogens with zero attached hydrogens (tertiary/aromatic N) is 1. The van der Waals surface area contributed by atoms with E-state index in [-0.39, 0.29) is 17.1 Å². The average molecular weight is 311 g/mol. The molecule has 0 bridgehead atoms. The van der Waals surface area contributed by atoms with Crippen LogP contribution in [0.4, 0.5) is 0 Å². The molecule has 2 aliphatic carbocycles. The SMILES string of the molecule is CCC(=O)N(Cc1ccccc1)C(C)=C1C(=O)CC2C1C2(C)C. The van der Waals surface area contributed by atoms with Crippen molar-refractivity contribution in [2.75, 3.05) is 0 Å². The van der Waals surface area contributed by atoms with Gasteiger partial charge in [-0.1, -0.05) is 51.1 Å². The number of Topliss-reactive ketones (excluding diaryl/α,β-unsaturated/α-hetero) is 1. The topological polar surface area (TPSA) is 37.4 Å². The van der Waals surface area contributed by atoms with Crippen LogP contribution < -0.4 is 0 Å². The van der Waals surface area contributed by atoms with E-state index in [0.717, 1.165) is 16.8 Å². The fourth-order valence-corrected chi connectivity index (χ4v) is 4.10. The number of amides is 1. The van der Waals surface area contributed by atoms with Crippen LogP contribution >= 0.6 is 0 Å². The molecule has 1 aromatic carbocycles. The van der Waals surface area contributed by atoms with Gasteiger partial charge in [0.05, 0.1) is 6.54 Å². The van der Waals surface area contributed by atoms with Crippen molar-refractivity contribution in [1.29, 1.82) is 0 Å². The Hall–Kier alpha value is -1.90. The average Bonchev–Trinajstić information content (AvgIpc) is 2.89. The van der Waals surface area contributed by atoms with E-state index in [1.807, 2.05) is 44.2 Å². The Labute approximate surface area is 138 Å². The summed E-state index contributed by atoms with van der Waals surface area (Å²) in [5, 5.41) is 0. The zero-order valence-corrected chi connectivity index (χ0v) is 14.4. The molecule has 1 aromatic rings. The second-order valence-electron chi connectivity index (χ2n) is 7.35. The fourth-order valence-electron chi connectivity index (χ4n) is 4.10. The monoisotopic (exact) mass is 311 g/mol. The minimum absolute atomic E-state index is 0.0774. The summed E-state index contributed by atoms with van der Waals surface area (Å²) >= 11 is 0. The number of benzene rings is 1. The third kappa shape index (κ3) is 2.62. The lowest BCUT2D eigenvalue weighted by atomic mass is 9.95. The van der Waals surface area contributed by atoms with Crippen molar-refractivity contribution < 1.29 is 9.59 Å². The summed E-state index contributed by atoms with van der Waals surface area (Å²) in [5.74, 6) is 1.11. The van der Waals surface area contributed by atoms with E-state index in [1.165, 1.54) is 0 Å². The number of hydrogen-bond acceptors (Lipinski definition) is 2. The third-order valence-electron chi connectivity index (χ3n) is 5.65. The van der Waals surface area contributed by atoms with E-state index in [1.54, 1.807) is 4.90 Å². The summed E-state index contributed by atoms with van der Waals surface area (Å²) in [6.45, 7) is 8.81. The van der Waals surface area contributed by atoms with Gasteiger partial charge in [0.25, 0.3) is 0 Å². The quantitative estimate of drug-likeness (QED) is 0.790. The maximum Gasteiger partial charge on any atom is 0.226 e. The maximum atomic E-state index is 12.5. The Kier molecular flexibility index (Phi) is 3.91. The Morgan fingerprint density at radius 3 is 2.48 bits per heavy atom. The summed E-state index contributed by atoms with van der Waals surface area (Å²) in [4.78, 5) is 26.7. The van der Waals surface area contributed by atoms with Crippen LogP contribution in [-0.2, 0) is 16.1 Å². The van der Waals surface area contributed by atoms with Crippen molar-refractivity contribution in [3.63, 3.8) is 0 Å².